The highest BCUT2D eigenvalue weighted by Gasteiger charge is 2.12. The number of aromatic nitrogens is 4. The van der Waals surface area contributed by atoms with Crippen LogP contribution in [0.2, 0.25) is 0 Å². The normalized spacial score (nSPS) is 10.8. The Hall–Kier alpha value is -2.28. The molecule has 6 nitrogen and oxygen atoms in total. The minimum absolute atomic E-state index is 0.221. The molecule has 1 aromatic carbocycles. The maximum Gasteiger partial charge on any atom is 0.311 e. The van der Waals surface area contributed by atoms with Crippen molar-refractivity contribution in [3.05, 3.63) is 46.8 Å². The molecule has 0 spiro atoms. The summed E-state index contributed by atoms with van der Waals surface area (Å²) in [7, 11) is 0. The van der Waals surface area contributed by atoms with E-state index in [1.54, 1.807) is 10.7 Å². The van der Waals surface area contributed by atoms with E-state index in [1.807, 2.05) is 30.3 Å². The van der Waals surface area contributed by atoms with Crippen molar-refractivity contribution in [2.24, 2.45) is 0 Å². The molecule has 3 aromatic rings. The summed E-state index contributed by atoms with van der Waals surface area (Å²) in [5, 5.41) is 13.0. The van der Waals surface area contributed by atoms with Gasteiger partial charge in [-0.25, -0.2) is 4.98 Å². The molecule has 0 saturated heterocycles. The third-order valence-corrected chi connectivity index (χ3v) is 3.21. The minimum atomic E-state index is -0.968. The zero-order valence-electron chi connectivity index (χ0n) is 10.2. The molecule has 7 heteroatoms. The van der Waals surface area contributed by atoms with Gasteiger partial charge in [0.2, 0.25) is 0 Å². The number of carboxylic acids is 1. The van der Waals surface area contributed by atoms with Crippen molar-refractivity contribution in [2.75, 3.05) is 0 Å². The van der Waals surface area contributed by atoms with E-state index in [0.717, 1.165) is 15.7 Å². The van der Waals surface area contributed by atoms with Crippen LogP contribution in [0.4, 0.5) is 0 Å². The van der Waals surface area contributed by atoms with E-state index in [9.17, 15) is 4.79 Å². The lowest BCUT2D eigenvalue weighted by Crippen LogP contribution is -2.02. The van der Waals surface area contributed by atoms with Gasteiger partial charge in [0.1, 0.15) is 6.42 Å². The molecule has 0 unspecified atom stereocenters. The number of hydrogen-bond acceptors (Lipinski definition) is 4. The number of carbonyl (C=O) groups is 1. The Bertz CT molecular complexity index is 800. The van der Waals surface area contributed by atoms with Crippen LogP contribution in [0.5, 0.6) is 0 Å². The minimum Gasteiger partial charge on any atom is -0.481 e. The number of aliphatic carboxylic acids is 1. The maximum absolute atomic E-state index is 10.7. The fourth-order valence-corrected chi connectivity index (χ4v) is 2.31. The molecule has 2 aromatic heterocycles. The van der Waals surface area contributed by atoms with Crippen molar-refractivity contribution in [1.29, 1.82) is 0 Å². The van der Waals surface area contributed by atoms with Gasteiger partial charge < -0.3 is 5.11 Å². The Morgan fingerprint density at radius 1 is 1.35 bits per heavy atom. The average Bonchev–Trinajstić information content (AvgIpc) is 2.79. The molecule has 0 aliphatic rings. The molecule has 0 atom stereocenters. The summed E-state index contributed by atoms with van der Waals surface area (Å²) in [5.41, 5.74) is 1.75. The van der Waals surface area contributed by atoms with Crippen LogP contribution in [-0.2, 0) is 11.2 Å². The van der Waals surface area contributed by atoms with Crippen molar-refractivity contribution in [3.8, 4) is 11.3 Å². The van der Waals surface area contributed by atoms with Gasteiger partial charge >= 0.3 is 5.97 Å². The standard InChI is InChI=1S/C13H9BrN4O2/c14-9-3-1-2-8(6-9)10-4-5-15-13-16-11(7-12(19)20)17-18(10)13/h1-6H,7H2,(H,19,20). The van der Waals surface area contributed by atoms with Crippen LogP contribution in [0.15, 0.2) is 41.0 Å². The lowest BCUT2D eigenvalue weighted by molar-refractivity contribution is -0.136. The van der Waals surface area contributed by atoms with Crippen LogP contribution in [0.1, 0.15) is 5.82 Å². The molecule has 20 heavy (non-hydrogen) atoms. The lowest BCUT2D eigenvalue weighted by atomic mass is 10.1. The van der Waals surface area contributed by atoms with E-state index in [4.69, 9.17) is 5.11 Å². The zero-order valence-corrected chi connectivity index (χ0v) is 11.8. The fourth-order valence-electron chi connectivity index (χ4n) is 1.91. The van der Waals surface area contributed by atoms with Crippen LogP contribution < -0.4 is 0 Å². The zero-order chi connectivity index (χ0) is 14.1. The molecule has 0 aliphatic carbocycles. The summed E-state index contributed by atoms with van der Waals surface area (Å²) >= 11 is 3.42. The second kappa shape index (κ2) is 5.01. The number of nitrogens with zero attached hydrogens (tertiary/aromatic N) is 4. The second-order valence-electron chi connectivity index (χ2n) is 4.15. The predicted molar refractivity (Wildman–Crippen MR) is 75.3 cm³/mol. The van der Waals surface area contributed by atoms with Crippen molar-refractivity contribution in [1.82, 2.24) is 19.6 Å². The summed E-state index contributed by atoms with van der Waals surface area (Å²) in [4.78, 5) is 18.9. The molecule has 1 N–H and O–H groups in total. The fraction of sp³-hybridized carbons (Fsp3) is 0.0769. The van der Waals surface area contributed by atoms with Gasteiger partial charge in [-0.3, -0.25) is 4.79 Å². The second-order valence-corrected chi connectivity index (χ2v) is 5.07. The Morgan fingerprint density at radius 3 is 2.95 bits per heavy atom. The van der Waals surface area contributed by atoms with Gasteiger partial charge in [0.05, 0.1) is 5.69 Å². The number of hydrogen-bond donors (Lipinski definition) is 1. The van der Waals surface area contributed by atoms with Crippen LogP contribution >= 0.6 is 15.9 Å². The molecule has 3 rings (SSSR count). The van der Waals surface area contributed by atoms with Gasteiger partial charge in [-0.15, -0.1) is 5.10 Å². The van der Waals surface area contributed by atoms with Gasteiger partial charge in [0.25, 0.3) is 5.78 Å². The van der Waals surface area contributed by atoms with E-state index >= 15 is 0 Å². The number of rotatable bonds is 3. The quantitative estimate of drug-likeness (QED) is 0.795. The van der Waals surface area contributed by atoms with Gasteiger partial charge in [-0.1, -0.05) is 28.1 Å². The van der Waals surface area contributed by atoms with Gasteiger partial charge in [-0.2, -0.15) is 9.50 Å². The van der Waals surface area contributed by atoms with E-state index in [1.165, 1.54) is 0 Å². The van der Waals surface area contributed by atoms with E-state index < -0.39 is 5.97 Å². The molecule has 0 bridgehead atoms. The molecule has 0 fully saturated rings. The molecule has 0 radical (unpaired) electrons. The Labute approximate surface area is 122 Å². The average molecular weight is 333 g/mol. The SMILES string of the molecule is O=C(O)Cc1nc2nccc(-c3cccc(Br)c3)n2n1. The van der Waals surface area contributed by atoms with Gasteiger partial charge in [-0.05, 0) is 18.2 Å². The third-order valence-electron chi connectivity index (χ3n) is 2.71. The van der Waals surface area contributed by atoms with Crippen molar-refractivity contribution in [2.45, 2.75) is 6.42 Å². The highest BCUT2D eigenvalue weighted by atomic mass is 79.9. The summed E-state index contributed by atoms with van der Waals surface area (Å²) in [6.07, 6.45) is 1.41. The summed E-state index contributed by atoms with van der Waals surface area (Å²) < 4.78 is 2.51. The first kappa shape index (κ1) is 12.7. The first-order valence-electron chi connectivity index (χ1n) is 5.82. The molecule has 0 amide bonds. The van der Waals surface area contributed by atoms with Crippen molar-refractivity contribution in [3.63, 3.8) is 0 Å². The molecule has 100 valence electrons. The molecule has 0 aliphatic heterocycles. The van der Waals surface area contributed by atoms with Crippen molar-refractivity contribution >= 4 is 27.7 Å². The van der Waals surface area contributed by atoms with E-state index in [0.29, 0.717) is 5.78 Å². The monoisotopic (exact) mass is 332 g/mol. The Kier molecular flexibility index (Phi) is 3.19. The van der Waals surface area contributed by atoms with Gasteiger partial charge in [0, 0.05) is 16.2 Å². The molecule has 2 heterocycles. The van der Waals surface area contributed by atoms with Crippen LogP contribution in [-0.4, -0.2) is 30.7 Å². The Morgan fingerprint density at radius 2 is 2.20 bits per heavy atom. The topological polar surface area (TPSA) is 80.4 Å². The van der Waals surface area contributed by atoms with Crippen LogP contribution in [0, 0.1) is 0 Å². The summed E-state index contributed by atoms with van der Waals surface area (Å²) in [6, 6.07) is 9.55. The summed E-state index contributed by atoms with van der Waals surface area (Å²) in [6.45, 7) is 0. The molecule has 0 saturated carbocycles. The number of fused-ring (bicyclic) bond motifs is 1. The third kappa shape index (κ3) is 2.39. The number of halogens is 1. The molecular formula is C13H9BrN4O2. The number of benzene rings is 1. The lowest BCUT2D eigenvalue weighted by Gasteiger charge is -2.03. The highest BCUT2D eigenvalue weighted by Crippen LogP contribution is 2.22. The largest absolute Gasteiger partial charge is 0.481 e. The van der Waals surface area contributed by atoms with Gasteiger partial charge in [0.15, 0.2) is 5.82 Å². The first-order chi connectivity index (χ1) is 9.63. The highest BCUT2D eigenvalue weighted by molar-refractivity contribution is 9.10. The maximum atomic E-state index is 10.7. The predicted octanol–water partition coefficient (Wildman–Crippen LogP) is 2.18. The van der Waals surface area contributed by atoms with E-state index in [-0.39, 0.29) is 12.2 Å². The smallest absolute Gasteiger partial charge is 0.311 e. The first-order valence-corrected chi connectivity index (χ1v) is 6.61. The van der Waals surface area contributed by atoms with Crippen molar-refractivity contribution < 1.29 is 9.90 Å². The number of carboxylic acid groups (broad SMARTS) is 1. The van der Waals surface area contributed by atoms with Crippen LogP contribution in [0.25, 0.3) is 17.0 Å². The van der Waals surface area contributed by atoms with E-state index in [2.05, 4.69) is 31.0 Å². The summed E-state index contributed by atoms with van der Waals surface area (Å²) in [5.74, 6) is -0.337. The van der Waals surface area contributed by atoms with Crippen LogP contribution in [0.3, 0.4) is 0 Å². The molecular weight excluding hydrogens is 324 g/mol. The Balaban J connectivity index is 2.16.